The lowest BCUT2D eigenvalue weighted by atomic mass is 10.2. The standard InChI is InChI=1S/C7H14N2O2S/c1-5(3-10)9-6(4-12)7(11)8-2/h3,5-6,9,12H,4H2,1-2H3,(H,8,11). The Morgan fingerprint density at radius 1 is 1.67 bits per heavy atom. The van der Waals surface area contributed by atoms with Crippen molar-refractivity contribution >= 4 is 24.8 Å². The van der Waals surface area contributed by atoms with Crippen LogP contribution in [0.4, 0.5) is 0 Å². The van der Waals surface area contributed by atoms with Gasteiger partial charge in [0.2, 0.25) is 5.91 Å². The first kappa shape index (κ1) is 11.4. The van der Waals surface area contributed by atoms with Crippen LogP contribution < -0.4 is 10.6 Å². The molecule has 4 nitrogen and oxygen atoms in total. The summed E-state index contributed by atoms with van der Waals surface area (Å²) in [6.45, 7) is 1.69. The van der Waals surface area contributed by atoms with Crippen molar-refractivity contribution < 1.29 is 9.59 Å². The van der Waals surface area contributed by atoms with Crippen LogP contribution in [-0.2, 0) is 9.59 Å². The van der Waals surface area contributed by atoms with E-state index in [2.05, 4.69) is 23.3 Å². The van der Waals surface area contributed by atoms with Crippen LogP contribution in [-0.4, -0.2) is 37.1 Å². The van der Waals surface area contributed by atoms with Crippen molar-refractivity contribution in [2.24, 2.45) is 0 Å². The third kappa shape index (κ3) is 3.73. The monoisotopic (exact) mass is 190 g/mol. The Morgan fingerprint density at radius 2 is 2.25 bits per heavy atom. The summed E-state index contributed by atoms with van der Waals surface area (Å²) in [5, 5.41) is 5.29. The van der Waals surface area contributed by atoms with E-state index in [9.17, 15) is 9.59 Å². The Morgan fingerprint density at radius 3 is 2.58 bits per heavy atom. The number of nitrogens with one attached hydrogen (secondary N) is 2. The van der Waals surface area contributed by atoms with Crippen LogP contribution in [0.1, 0.15) is 6.92 Å². The number of hydrogen-bond acceptors (Lipinski definition) is 4. The summed E-state index contributed by atoms with van der Waals surface area (Å²) in [4.78, 5) is 21.3. The molecule has 0 aromatic heterocycles. The van der Waals surface area contributed by atoms with Crippen LogP contribution in [0.2, 0.25) is 0 Å². The molecule has 0 spiro atoms. The summed E-state index contributed by atoms with van der Waals surface area (Å²) < 4.78 is 0. The molecule has 70 valence electrons. The van der Waals surface area contributed by atoms with Crippen LogP contribution in [0.25, 0.3) is 0 Å². The quantitative estimate of drug-likeness (QED) is 0.393. The summed E-state index contributed by atoms with van der Waals surface area (Å²) >= 11 is 3.98. The number of aldehydes is 1. The molecule has 2 N–H and O–H groups in total. The molecular formula is C7H14N2O2S. The van der Waals surface area contributed by atoms with Gasteiger partial charge in [0.05, 0.1) is 12.1 Å². The maximum atomic E-state index is 11.1. The lowest BCUT2D eigenvalue weighted by Crippen LogP contribution is -2.48. The number of rotatable bonds is 5. The fourth-order valence-corrected chi connectivity index (χ4v) is 1.01. The Bertz CT molecular complexity index is 163. The maximum absolute atomic E-state index is 11.1. The first-order valence-electron chi connectivity index (χ1n) is 3.69. The molecule has 0 aromatic rings. The fraction of sp³-hybridized carbons (Fsp3) is 0.714. The summed E-state index contributed by atoms with van der Waals surface area (Å²) in [6, 6.07) is -0.724. The minimum Gasteiger partial charge on any atom is -0.358 e. The molecule has 0 aliphatic carbocycles. The summed E-state index contributed by atoms with van der Waals surface area (Å²) in [7, 11) is 1.55. The SMILES string of the molecule is CNC(=O)C(CS)NC(C)C=O. The van der Waals surface area contributed by atoms with Gasteiger partial charge in [0, 0.05) is 12.8 Å². The molecule has 0 saturated heterocycles. The highest BCUT2D eigenvalue weighted by Crippen LogP contribution is 1.89. The molecule has 0 radical (unpaired) electrons. The van der Waals surface area contributed by atoms with E-state index in [1.54, 1.807) is 14.0 Å². The third-order valence-electron chi connectivity index (χ3n) is 1.41. The summed E-state index contributed by atoms with van der Waals surface area (Å²) in [5.41, 5.74) is 0. The zero-order valence-electron chi connectivity index (χ0n) is 7.20. The van der Waals surface area contributed by atoms with Crippen molar-refractivity contribution in [1.82, 2.24) is 10.6 Å². The molecule has 1 amide bonds. The number of likely N-dealkylation sites (N-methyl/N-ethyl adjacent to an activating group) is 1. The van der Waals surface area contributed by atoms with Gasteiger partial charge in [0.1, 0.15) is 6.29 Å². The van der Waals surface area contributed by atoms with Gasteiger partial charge in [-0.3, -0.25) is 10.1 Å². The number of amides is 1. The smallest absolute Gasteiger partial charge is 0.237 e. The molecule has 0 aliphatic heterocycles. The average molecular weight is 190 g/mol. The molecule has 12 heavy (non-hydrogen) atoms. The Hall–Kier alpha value is -0.550. The fourth-order valence-electron chi connectivity index (χ4n) is 0.742. The first-order valence-corrected chi connectivity index (χ1v) is 4.32. The molecule has 0 heterocycles. The van der Waals surface area contributed by atoms with Gasteiger partial charge in [-0.25, -0.2) is 0 Å². The number of hydrogen-bond donors (Lipinski definition) is 3. The van der Waals surface area contributed by atoms with E-state index in [1.807, 2.05) is 0 Å². The molecule has 0 aromatic carbocycles. The molecule has 0 rings (SSSR count). The third-order valence-corrected chi connectivity index (χ3v) is 1.78. The van der Waals surface area contributed by atoms with E-state index in [-0.39, 0.29) is 11.9 Å². The van der Waals surface area contributed by atoms with Crippen molar-refractivity contribution in [2.75, 3.05) is 12.8 Å². The molecule has 0 saturated carbocycles. The number of thiol groups is 1. The van der Waals surface area contributed by atoms with Gasteiger partial charge >= 0.3 is 0 Å². The summed E-state index contributed by atoms with van der Waals surface area (Å²) in [6.07, 6.45) is 0.749. The largest absolute Gasteiger partial charge is 0.358 e. The molecule has 0 bridgehead atoms. The van der Waals surface area contributed by atoms with Gasteiger partial charge in [-0.2, -0.15) is 12.6 Å². The first-order chi connectivity index (χ1) is 5.65. The molecular weight excluding hydrogens is 176 g/mol. The van der Waals surface area contributed by atoms with Gasteiger partial charge in [-0.1, -0.05) is 0 Å². The van der Waals surface area contributed by atoms with Crippen molar-refractivity contribution in [3.05, 3.63) is 0 Å². The van der Waals surface area contributed by atoms with E-state index in [0.29, 0.717) is 5.75 Å². The zero-order chi connectivity index (χ0) is 9.56. The van der Waals surface area contributed by atoms with Gasteiger partial charge in [-0.15, -0.1) is 0 Å². The second-order valence-electron chi connectivity index (χ2n) is 2.44. The van der Waals surface area contributed by atoms with E-state index in [0.717, 1.165) is 6.29 Å². The van der Waals surface area contributed by atoms with Gasteiger partial charge in [0.15, 0.2) is 0 Å². The second-order valence-corrected chi connectivity index (χ2v) is 2.81. The van der Waals surface area contributed by atoms with Gasteiger partial charge in [-0.05, 0) is 6.92 Å². The van der Waals surface area contributed by atoms with E-state index in [1.165, 1.54) is 0 Å². The maximum Gasteiger partial charge on any atom is 0.237 e. The van der Waals surface area contributed by atoms with E-state index in [4.69, 9.17) is 0 Å². The predicted molar refractivity (Wildman–Crippen MR) is 50.4 cm³/mol. The average Bonchev–Trinajstić information content (AvgIpc) is 2.12. The molecule has 2 unspecified atom stereocenters. The number of carbonyl (C=O) groups excluding carboxylic acids is 2. The normalized spacial score (nSPS) is 14.9. The highest BCUT2D eigenvalue weighted by Gasteiger charge is 2.16. The van der Waals surface area contributed by atoms with Crippen LogP contribution in [0, 0.1) is 0 Å². The van der Waals surface area contributed by atoms with Gasteiger partial charge in [0.25, 0.3) is 0 Å². The minimum atomic E-state index is -0.404. The van der Waals surface area contributed by atoms with E-state index < -0.39 is 6.04 Å². The highest BCUT2D eigenvalue weighted by atomic mass is 32.1. The Kier molecular flexibility index (Phi) is 5.74. The molecule has 2 atom stereocenters. The second kappa shape index (κ2) is 6.02. The van der Waals surface area contributed by atoms with Crippen molar-refractivity contribution in [1.29, 1.82) is 0 Å². The van der Waals surface area contributed by atoms with Crippen LogP contribution in [0.3, 0.4) is 0 Å². The molecule has 5 heteroatoms. The molecule has 0 fully saturated rings. The van der Waals surface area contributed by atoms with Crippen LogP contribution >= 0.6 is 12.6 Å². The predicted octanol–water partition coefficient (Wildman–Crippen LogP) is -0.792. The number of carbonyl (C=O) groups is 2. The van der Waals surface area contributed by atoms with Crippen molar-refractivity contribution in [3.8, 4) is 0 Å². The van der Waals surface area contributed by atoms with E-state index >= 15 is 0 Å². The molecule has 0 aliphatic rings. The minimum absolute atomic E-state index is 0.154. The van der Waals surface area contributed by atoms with Crippen molar-refractivity contribution in [3.63, 3.8) is 0 Å². The lowest BCUT2D eigenvalue weighted by Gasteiger charge is -2.16. The van der Waals surface area contributed by atoms with Gasteiger partial charge < -0.3 is 10.1 Å². The zero-order valence-corrected chi connectivity index (χ0v) is 8.10. The van der Waals surface area contributed by atoms with Crippen molar-refractivity contribution in [2.45, 2.75) is 19.0 Å². The van der Waals surface area contributed by atoms with Crippen LogP contribution in [0.15, 0.2) is 0 Å². The lowest BCUT2D eigenvalue weighted by molar-refractivity contribution is -0.122. The Labute approximate surface area is 77.5 Å². The highest BCUT2D eigenvalue weighted by molar-refractivity contribution is 7.80. The summed E-state index contributed by atoms with van der Waals surface area (Å²) in [5.74, 6) is 0.219. The van der Waals surface area contributed by atoms with Crippen LogP contribution in [0.5, 0.6) is 0 Å². The topological polar surface area (TPSA) is 58.2 Å². The Balaban J connectivity index is 3.98.